The summed E-state index contributed by atoms with van der Waals surface area (Å²) in [5.41, 5.74) is 8.73. The van der Waals surface area contributed by atoms with E-state index in [-0.39, 0.29) is 0 Å². The smallest absolute Gasteiger partial charge is 0.258 e. The summed E-state index contributed by atoms with van der Waals surface area (Å²) in [6, 6.07) is 6.04. The first-order valence-electron chi connectivity index (χ1n) is 6.72. The molecule has 0 fully saturated rings. The van der Waals surface area contributed by atoms with Crippen LogP contribution >= 0.6 is 0 Å². The molecule has 1 heterocycles. The fourth-order valence-electron chi connectivity index (χ4n) is 1.83. The average molecular weight is 275 g/mol. The SMILES string of the molecule is CCOCC(C)(N)c1noc(-c2ccc(C)c(C)c2)n1. The van der Waals surface area contributed by atoms with Crippen LogP contribution < -0.4 is 5.73 Å². The average Bonchev–Trinajstić information content (AvgIpc) is 2.90. The van der Waals surface area contributed by atoms with Crippen molar-refractivity contribution in [2.45, 2.75) is 33.2 Å². The minimum absolute atomic E-state index is 0.357. The fraction of sp³-hybridized carbons (Fsp3) is 0.467. The molecule has 108 valence electrons. The maximum atomic E-state index is 6.16. The second-order valence-electron chi connectivity index (χ2n) is 5.28. The van der Waals surface area contributed by atoms with Gasteiger partial charge in [0.05, 0.1) is 6.61 Å². The van der Waals surface area contributed by atoms with Crippen LogP contribution in [0.5, 0.6) is 0 Å². The van der Waals surface area contributed by atoms with E-state index in [2.05, 4.69) is 24.0 Å². The zero-order chi connectivity index (χ0) is 14.8. The number of benzene rings is 1. The van der Waals surface area contributed by atoms with Gasteiger partial charge in [0, 0.05) is 12.2 Å². The number of nitrogens with two attached hydrogens (primary N) is 1. The molecule has 2 N–H and O–H groups in total. The predicted molar refractivity (Wildman–Crippen MR) is 77.2 cm³/mol. The van der Waals surface area contributed by atoms with Gasteiger partial charge in [0.2, 0.25) is 0 Å². The van der Waals surface area contributed by atoms with E-state index in [0.717, 1.165) is 5.56 Å². The molecule has 2 aromatic rings. The lowest BCUT2D eigenvalue weighted by Gasteiger charge is -2.19. The van der Waals surface area contributed by atoms with Crippen LogP contribution in [0.15, 0.2) is 22.7 Å². The summed E-state index contributed by atoms with van der Waals surface area (Å²) in [7, 11) is 0. The van der Waals surface area contributed by atoms with E-state index in [0.29, 0.717) is 24.9 Å². The molecule has 0 spiro atoms. The highest BCUT2D eigenvalue weighted by molar-refractivity contribution is 5.55. The Morgan fingerprint density at radius 1 is 1.30 bits per heavy atom. The van der Waals surface area contributed by atoms with Gasteiger partial charge in [-0.2, -0.15) is 4.98 Å². The van der Waals surface area contributed by atoms with Crippen LogP contribution in [-0.4, -0.2) is 23.4 Å². The Kier molecular flexibility index (Phi) is 4.20. The van der Waals surface area contributed by atoms with Crippen LogP contribution in [0.1, 0.15) is 30.8 Å². The van der Waals surface area contributed by atoms with Gasteiger partial charge in [-0.15, -0.1) is 0 Å². The molecule has 1 atom stereocenters. The van der Waals surface area contributed by atoms with E-state index in [1.165, 1.54) is 11.1 Å². The first kappa shape index (κ1) is 14.7. The van der Waals surface area contributed by atoms with Gasteiger partial charge in [0.1, 0.15) is 5.54 Å². The Morgan fingerprint density at radius 3 is 2.70 bits per heavy atom. The lowest BCUT2D eigenvalue weighted by molar-refractivity contribution is 0.0962. The molecule has 0 saturated heterocycles. The largest absolute Gasteiger partial charge is 0.379 e. The Morgan fingerprint density at radius 2 is 2.05 bits per heavy atom. The highest BCUT2D eigenvalue weighted by Gasteiger charge is 2.28. The van der Waals surface area contributed by atoms with Crippen molar-refractivity contribution in [1.29, 1.82) is 0 Å². The summed E-state index contributed by atoms with van der Waals surface area (Å²) in [6.45, 7) is 8.84. The summed E-state index contributed by atoms with van der Waals surface area (Å²) < 4.78 is 10.7. The maximum absolute atomic E-state index is 6.16. The Hall–Kier alpha value is -1.72. The van der Waals surface area contributed by atoms with Crippen molar-refractivity contribution in [2.24, 2.45) is 5.73 Å². The minimum Gasteiger partial charge on any atom is -0.379 e. The van der Waals surface area contributed by atoms with E-state index >= 15 is 0 Å². The van der Waals surface area contributed by atoms with E-state index < -0.39 is 5.54 Å². The number of aryl methyl sites for hydroxylation is 2. The van der Waals surface area contributed by atoms with Gasteiger partial charge in [0.15, 0.2) is 5.82 Å². The van der Waals surface area contributed by atoms with Crippen molar-refractivity contribution in [2.75, 3.05) is 13.2 Å². The second-order valence-corrected chi connectivity index (χ2v) is 5.28. The van der Waals surface area contributed by atoms with Crippen molar-refractivity contribution >= 4 is 0 Å². The van der Waals surface area contributed by atoms with Crippen molar-refractivity contribution in [3.05, 3.63) is 35.2 Å². The first-order chi connectivity index (χ1) is 9.44. The molecule has 0 bridgehead atoms. The second kappa shape index (κ2) is 5.73. The van der Waals surface area contributed by atoms with Crippen LogP contribution in [0, 0.1) is 13.8 Å². The van der Waals surface area contributed by atoms with Crippen LogP contribution in [0.25, 0.3) is 11.5 Å². The molecule has 0 amide bonds. The highest BCUT2D eigenvalue weighted by atomic mass is 16.5. The Labute approximate surface area is 119 Å². The topological polar surface area (TPSA) is 74.2 Å². The molecule has 20 heavy (non-hydrogen) atoms. The number of hydrogen-bond donors (Lipinski definition) is 1. The first-order valence-corrected chi connectivity index (χ1v) is 6.72. The number of aromatic nitrogens is 2. The van der Waals surface area contributed by atoms with Crippen molar-refractivity contribution < 1.29 is 9.26 Å². The molecular formula is C15H21N3O2. The quantitative estimate of drug-likeness (QED) is 0.907. The summed E-state index contributed by atoms with van der Waals surface area (Å²) in [4.78, 5) is 4.39. The predicted octanol–water partition coefficient (Wildman–Crippen LogP) is 2.56. The Balaban J connectivity index is 2.26. The molecule has 0 radical (unpaired) electrons. The van der Waals surface area contributed by atoms with Gasteiger partial charge in [-0.3, -0.25) is 0 Å². The normalized spacial score (nSPS) is 14.2. The van der Waals surface area contributed by atoms with Crippen molar-refractivity contribution in [1.82, 2.24) is 10.1 Å². The number of nitrogens with zero attached hydrogens (tertiary/aromatic N) is 2. The van der Waals surface area contributed by atoms with E-state index in [9.17, 15) is 0 Å². The van der Waals surface area contributed by atoms with Gasteiger partial charge >= 0.3 is 0 Å². The summed E-state index contributed by atoms with van der Waals surface area (Å²) in [5.74, 6) is 0.940. The van der Waals surface area contributed by atoms with Crippen LogP contribution in [0.3, 0.4) is 0 Å². The molecule has 1 unspecified atom stereocenters. The maximum Gasteiger partial charge on any atom is 0.258 e. The van der Waals surface area contributed by atoms with Gasteiger partial charge in [-0.25, -0.2) is 0 Å². The lowest BCUT2D eigenvalue weighted by atomic mass is 10.0. The third-order valence-electron chi connectivity index (χ3n) is 3.30. The zero-order valence-corrected chi connectivity index (χ0v) is 12.4. The van der Waals surface area contributed by atoms with Crippen LogP contribution in [0.4, 0.5) is 0 Å². The monoisotopic (exact) mass is 275 g/mol. The third kappa shape index (κ3) is 3.05. The molecule has 0 aliphatic rings. The lowest BCUT2D eigenvalue weighted by Crippen LogP contribution is -2.39. The van der Waals surface area contributed by atoms with Crippen LogP contribution in [0.2, 0.25) is 0 Å². The van der Waals surface area contributed by atoms with Gasteiger partial charge < -0.3 is 15.0 Å². The molecule has 1 aromatic carbocycles. The molecule has 5 heteroatoms. The molecule has 1 aromatic heterocycles. The molecule has 2 rings (SSSR count). The molecule has 0 aliphatic heterocycles. The fourth-order valence-corrected chi connectivity index (χ4v) is 1.83. The molecular weight excluding hydrogens is 254 g/mol. The molecule has 0 aliphatic carbocycles. The highest BCUT2D eigenvalue weighted by Crippen LogP contribution is 2.23. The number of rotatable bonds is 5. The Bertz CT molecular complexity index is 591. The minimum atomic E-state index is -0.752. The van der Waals surface area contributed by atoms with E-state index in [1.807, 2.05) is 32.0 Å². The van der Waals surface area contributed by atoms with E-state index in [4.69, 9.17) is 15.0 Å². The van der Waals surface area contributed by atoms with Gasteiger partial charge in [-0.05, 0) is 51.0 Å². The number of ether oxygens (including phenoxy) is 1. The summed E-state index contributed by atoms with van der Waals surface area (Å²) in [5, 5.41) is 3.98. The van der Waals surface area contributed by atoms with Gasteiger partial charge in [0.25, 0.3) is 5.89 Å². The van der Waals surface area contributed by atoms with Crippen molar-refractivity contribution in [3.8, 4) is 11.5 Å². The van der Waals surface area contributed by atoms with E-state index in [1.54, 1.807) is 0 Å². The standard InChI is InChI=1S/C15H21N3O2/c1-5-19-9-15(4,16)14-17-13(20-18-14)12-7-6-10(2)11(3)8-12/h6-8H,5,9,16H2,1-4H3. The third-order valence-corrected chi connectivity index (χ3v) is 3.30. The summed E-state index contributed by atoms with van der Waals surface area (Å²) in [6.07, 6.45) is 0. The van der Waals surface area contributed by atoms with Gasteiger partial charge in [-0.1, -0.05) is 11.2 Å². The van der Waals surface area contributed by atoms with Crippen LogP contribution in [-0.2, 0) is 10.3 Å². The zero-order valence-electron chi connectivity index (χ0n) is 12.4. The summed E-state index contributed by atoms with van der Waals surface area (Å²) >= 11 is 0. The number of hydrogen-bond acceptors (Lipinski definition) is 5. The molecule has 0 saturated carbocycles. The van der Waals surface area contributed by atoms with Crippen molar-refractivity contribution in [3.63, 3.8) is 0 Å². The molecule has 5 nitrogen and oxygen atoms in total.